The molecule has 58 heavy (non-hydrogen) atoms. The fourth-order valence-corrected chi connectivity index (χ4v) is 4.95. The lowest BCUT2D eigenvalue weighted by molar-refractivity contribution is -0.278. The van der Waals surface area contributed by atoms with Gasteiger partial charge in [0, 0.05) is 27.7 Å². The summed E-state index contributed by atoms with van der Waals surface area (Å²) in [6.45, 7) is 17.5. The molecule has 0 aromatic rings. The van der Waals surface area contributed by atoms with Gasteiger partial charge in [-0.2, -0.15) is 0 Å². The van der Waals surface area contributed by atoms with Crippen molar-refractivity contribution in [1.29, 1.82) is 0 Å². The summed E-state index contributed by atoms with van der Waals surface area (Å²) in [6.07, 6.45) is -5.61. The number of esters is 4. The van der Waals surface area contributed by atoms with Crippen molar-refractivity contribution in [2.24, 2.45) is 5.73 Å². The first-order chi connectivity index (χ1) is 26.5. The molecule has 21 heteroatoms. The molecule has 0 unspecified atom stereocenters. The molecule has 21 nitrogen and oxygen atoms in total. The third-order valence-corrected chi connectivity index (χ3v) is 7.31. The SMILES string of the molecule is CC(=O)N[C@H]1[C@H](OC[C@H](N)C(=O)N[C@@H](COC(C)(C)C)C(=O)N[C@@H](COC(C)(C)C)C(=O)NCC(=O)OC(C)(C)C)O[C@H](COC(C)=O)[C@@H](OC(C)=O)[C@@H]1OC(C)=O. The molecule has 1 aliphatic heterocycles. The van der Waals surface area contributed by atoms with Crippen molar-refractivity contribution in [3.8, 4) is 0 Å². The smallest absolute Gasteiger partial charge is 0.325 e. The number of nitrogens with two attached hydrogens (primary N) is 1. The molecular weight excluding hydrogens is 770 g/mol. The van der Waals surface area contributed by atoms with Crippen LogP contribution in [0.15, 0.2) is 0 Å². The van der Waals surface area contributed by atoms with Crippen molar-refractivity contribution in [2.45, 2.75) is 156 Å². The summed E-state index contributed by atoms with van der Waals surface area (Å²) in [7, 11) is 0. The van der Waals surface area contributed by atoms with Gasteiger partial charge in [-0.05, 0) is 62.3 Å². The van der Waals surface area contributed by atoms with E-state index in [4.69, 9.17) is 43.6 Å². The van der Waals surface area contributed by atoms with Crippen molar-refractivity contribution in [2.75, 3.05) is 33.0 Å². The van der Waals surface area contributed by atoms with Crippen LogP contribution in [0, 0.1) is 0 Å². The van der Waals surface area contributed by atoms with Gasteiger partial charge in [0.1, 0.15) is 49.0 Å². The Morgan fingerprint density at radius 3 is 1.62 bits per heavy atom. The van der Waals surface area contributed by atoms with E-state index in [0.29, 0.717) is 0 Å². The van der Waals surface area contributed by atoms with Gasteiger partial charge in [0.05, 0.1) is 31.0 Å². The van der Waals surface area contributed by atoms with E-state index in [0.717, 1.165) is 27.7 Å². The van der Waals surface area contributed by atoms with Crippen LogP contribution in [0.4, 0.5) is 0 Å². The summed E-state index contributed by atoms with van der Waals surface area (Å²) in [4.78, 5) is 101. The molecule has 8 atom stereocenters. The Labute approximate surface area is 339 Å². The fourth-order valence-electron chi connectivity index (χ4n) is 4.95. The Morgan fingerprint density at radius 2 is 1.16 bits per heavy atom. The minimum Gasteiger partial charge on any atom is -0.463 e. The molecule has 1 fully saturated rings. The standard InChI is InChI=1S/C37H63N5O16/c1-19(43)40-28-30(56-22(4)46)29(55-21(3)45)26(18-51-20(2)44)57-34(28)52-15-23(38)31(48)41-25(17-54-36(8,9)10)33(50)42-24(16-53-35(5,6)7)32(49)39-14-27(47)58-37(11,12)13/h23-26,28-30,34H,14-18,38H2,1-13H3,(H,39,49)(H,40,43)(H,41,48)(H,42,50)/t23-,24-,25-,26+,28+,29+,30+,34+/m0/s1. The van der Waals surface area contributed by atoms with Crippen LogP contribution in [0.1, 0.15) is 90.0 Å². The number of carbonyl (C=O) groups is 8. The molecular formula is C37H63N5O16. The highest BCUT2D eigenvalue weighted by molar-refractivity contribution is 5.94. The molecule has 1 aliphatic rings. The second kappa shape index (κ2) is 22.6. The number of carbonyl (C=O) groups excluding carboxylic acids is 8. The van der Waals surface area contributed by atoms with Crippen LogP contribution >= 0.6 is 0 Å². The first-order valence-electron chi connectivity index (χ1n) is 18.6. The highest BCUT2D eigenvalue weighted by Gasteiger charge is 2.51. The van der Waals surface area contributed by atoms with Crippen molar-refractivity contribution < 1.29 is 76.3 Å². The Hall–Kier alpha value is -4.44. The second-order valence-electron chi connectivity index (χ2n) is 16.4. The third kappa shape index (κ3) is 20.8. The van der Waals surface area contributed by atoms with E-state index in [1.54, 1.807) is 62.3 Å². The van der Waals surface area contributed by atoms with Crippen molar-refractivity contribution >= 4 is 47.5 Å². The van der Waals surface area contributed by atoms with Crippen LogP contribution in [0.25, 0.3) is 0 Å². The van der Waals surface area contributed by atoms with E-state index in [1.807, 2.05) is 0 Å². The van der Waals surface area contributed by atoms with E-state index in [-0.39, 0.29) is 13.2 Å². The van der Waals surface area contributed by atoms with Gasteiger partial charge >= 0.3 is 23.9 Å². The number of hydrogen-bond acceptors (Lipinski definition) is 17. The summed E-state index contributed by atoms with van der Waals surface area (Å²) in [5.74, 6) is -6.24. The monoisotopic (exact) mass is 833 g/mol. The van der Waals surface area contributed by atoms with Gasteiger partial charge in [-0.15, -0.1) is 0 Å². The van der Waals surface area contributed by atoms with Crippen molar-refractivity contribution in [3.05, 3.63) is 0 Å². The van der Waals surface area contributed by atoms with E-state index in [9.17, 15) is 38.4 Å². The van der Waals surface area contributed by atoms with Gasteiger partial charge in [-0.3, -0.25) is 38.4 Å². The first-order valence-corrected chi connectivity index (χ1v) is 18.6. The van der Waals surface area contributed by atoms with Crippen LogP contribution in [-0.4, -0.2) is 146 Å². The Balaban J connectivity index is 3.33. The molecule has 1 heterocycles. The zero-order chi connectivity index (χ0) is 44.8. The Kier molecular flexibility index (Phi) is 20.1. The van der Waals surface area contributed by atoms with Crippen molar-refractivity contribution in [1.82, 2.24) is 21.3 Å². The molecule has 0 aromatic carbocycles. The summed E-state index contributed by atoms with van der Waals surface area (Å²) >= 11 is 0. The molecule has 1 saturated heterocycles. The van der Waals surface area contributed by atoms with Crippen LogP contribution < -0.4 is 27.0 Å². The van der Waals surface area contributed by atoms with Gasteiger partial charge < -0.3 is 64.9 Å². The summed E-state index contributed by atoms with van der Waals surface area (Å²) in [5, 5.41) is 10.0. The lowest BCUT2D eigenvalue weighted by atomic mass is 9.96. The maximum Gasteiger partial charge on any atom is 0.325 e. The zero-order valence-corrected chi connectivity index (χ0v) is 35.8. The van der Waals surface area contributed by atoms with E-state index < -0.39 is 133 Å². The number of nitrogens with one attached hydrogen (secondary N) is 4. The highest BCUT2D eigenvalue weighted by atomic mass is 16.7. The van der Waals surface area contributed by atoms with Crippen molar-refractivity contribution in [3.63, 3.8) is 0 Å². The van der Waals surface area contributed by atoms with Gasteiger partial charge in [-0.1, -0.05) is 0 Å². The number of rotatable bonds is 19. The number of amides is 4. The summed E-state index contributed by atoms with van der Waals surface area (Å²) < 4.78 is 44.5. The summed E-state index contributed by atoms with van der Waals surface area (Å²) in [5.41, 5.74) is 3.89. The van der Waals surface area contributed by atoms with Gasteiger partial charge in [-0.25, -0.2) is 0 Å². The molecule has 0 spiro atoms. The van der Waals surface area contributed by atoms with E-state index in [1.165, 1.54) is 0 Å². The van der Waals surface area contributed by atoms with E-state index >= 15 is 0 Å². The van der Waals surface area contributed by atoms with Gasteiger partial charge in [0.2, 0.25) is 23.6 Å². The zero-order valence-electron chi connectivity index (χ0n) is 35.8. The van der Waals surface area contributed by atoms with Gasteiger partial charge in [0.15, 0.2) is 18.5 Å². The van der Waals surface area contributed by atoms with Crippen LogP contribution in [0.2, 0.25) is 0 Å². The maximum atomic E-state index is 13.7. The molecule has 0 aromatic heterocycles. The minimum absolute atomic E-state index is 0.314. The molecule has 332 valence electrons. The Morgan fingerprint density at radius 1 is 0.655 bits per heavy atom. The van der Waals surface area contributed by atoms with E-state index in [2.05, 4.69) is 21.3 Å². The van der Waals surface area contributed by atoms with Crippen LogP contribution in [-0.2, 0) is 76.3 Å². The topological polar surface area (TPSA) is 285 Å². The second-order valence-corrected chi connectivity index (χ2v) is 16.4. The largest absolute Gasteiger partial charge is 0.463 e. The molecule has 0 saturated carbocycles. The molecule has 4 amide bonds. The lowest BCUT2D eigenvalue weighted by Crippen LogP contribution is -2.67. The molecule has 0 bridgehead atoms. The predicted molar refractivity (Wildman–Crippen MR) is 202 cm³/mol. The maximum absolute atomic E-state index is 13.7. The molecule has 0 radical (unpaired) electrons. The van der Waals surface area contributed by atoms with Crippen LogP contribution in [0.5, 0.6) is 0 Å². The molecule has 6 N–H and O–H groups in total. The summed E-state index contributed by atoms with van der Waals surface area (Å²) in [6, 6.07) is -5.62. The minimum atomic E-state index is -1.52. The Bertz CT molecular complexity index is 1450. The number of hydrogen-bond donors (Lipinski definition) is 5. The average molecular weight is 834 g/mol. The van der Waals surface area contributed by atoms with Gasteiger partial charge in [0.25, 0.3) is 0 Å². The first kappa shape index (κ1) is 51.6. The predicted octanol–water partition coefficient (Wildman–Crippen LogP) is -0.956. The number of ether oxygens (including phenoxy) is 8. The highest BCUT2D eigenvalue weighted by Crippen LogP contribution is 2.28. The van der Waals surface area contributed by atoms with Crippen LogP contribution in [0.3, 0.4) is 0 Å². The molecule has 0 aliphatic carbocycles. The average Bonchev–Trinajstić information content (AvgIpc) is 3.05. The normalized spacial score (nSPS) is 21.2. The molecule has 1 rings (SSSR count). The quantitative estimate of drug-likeness (QED) is 0.0774. The lowest BCUT2D eigenvalue weighted by Gasteiger charge is -2.45. The fraction of sp³-hybridized carbons (Fsp3) is 0.784. The third-order valence-electron chi connectivity index (χ3n) is 7.31.